The first-order chi connectivity index (χ1) is 12.6. The van der Waals surface area contributed by atoms with Gasteiger partial charge in [-0.25, -0.2) is 0 Å². The van der Waals surface area contributed by atoms with Crippen molar-refractivity contribution in [3.05, 3.63) is 47.7 Å². The van der Waals surface area contributed by atoms with Crippen molar-refractivity contribution in [1.29, 1.82) is 0 Å². The molecule has 4 rings (SSSR count). The molecule has 5 atom stereocenters. The van der Waals surface area contributed by atoms with Crippen LogP contribution in [-0.2, 0) is 6.42 Å². The molecule has 1 unspecified atom stereocenters. The van der Waals surface area contributed by atoms with Crippen molar-refractivity contribution < 1.29 is 9.84 Å². The lowest BCUT2D eigenvalue weighted by atomic mass is 9.51. The van der Waals surface area contributed by atoms with Crippen LogP contribution in [-0.4, -0.2) is 17.3 Å². The van der Waals surface area contributed by atoms with E-state index >= 15 is 0 Å². The summed E-state index contributed by atoms with van der Waals surface area (Å²) in [5.74, 6) is 2.96. The molecule has 0 saturated heterocycles. The highest BCUT2D eigenvalue weighted by Gasteiger charge is 2.62. The number of aliphatic hydroxyl groups is 1. The van der Waals surface area contributed by atoms with Crippen molar-refractivity contribution in [2.24, 2.45) is 17.3 Å². The Morgan fingerprint density at radius 3 is 2.85 bits per heavy atom. The fourth-order valence-electron chi connectivity index (χ4n) is 6.81. The van der Waals surface area contributed by atoms with Crippen LogP contribution < -0.4 is 4.74 Å². The highest BCUT2D eigenvalue weighted by atomic mass is 16.5. The topological polar surface area (TPSA) is 29.5 Å². The van der Waals surface area contributed by atoms with Crippen molar-refractivity contribution in [1.82, 2.24) is 0 Å². The van der Waals surface area contributed by atoms with Gasteiger partial charge in [0.1, 0.15) is 5.75 Å². The molecule has 0 aliphatic heterocycles. The third-order valence-corrected chi connectivity index (χ3v) is 7.89. The predicted octanol–water partition coefficient (Wildman–Crippen LogP) is 5.40. The van der Waals surface area contributed by atoms with Crippen LogP contribution in [0.5, 0.6) is 5.75 Å². The quantitative estimate of drug-likeness (QED) is 0.735. The molecule has 26 heavy (non-hydrogen) atoms. The molecule has 1 N–H and O–H groups in total. The molecule has 2 nitrogen and oxygen atoms in total. The lowest BCUT2D eigenvalue weighted by Crippen LogP contribution is -2.51. The molecule has 3 aliphatic rings. The van der Waals surface area contributed by atoms with Crippen LogP contribution >= 0.6 is 0 Å². The fourth-order valence-corrected chi connectivity index (χ4v) is 6.81. The molecule has 0 aromatic heterocycles. The Labute approximate surface area is 158 Å². The van der Waals surface area contributed by atoms with Crippen LogP contribution in [0.4, 0.5) is 0 Å². The Morgan fingerprint density at radius 1 is 1.27 bits per heavy atom. The number of hydrogen-bond acceptors (Lipinski definition) is 2. The molecule has 0 bridgehead atoms. The average Bonchev–Trinajstić information content (AvgIpc) is 2.95. The predicted molar refractivity (Wildman–Crippen MR) is 106 cm³/mol. The van der Waals surface area contributed by atoms with Crippen LogP contribution in [0.25, 0.3) is 0 Å². The van der Waals surface area contributed by atoms with E-state index in [1.807, 2.05) is 13.0 Å². The third-order valence-electron chi connectivity index (χ3n) is 7.89. The first-order valence-corrected chi connectivity index (χ1v) is 10.4. The smallest absolute Gasteiger partial charge is 0.119 e. The summed E-state index contributed by atoms with van der Waals surface area (Å²) in [6, 6.07) is 6.74. The van der Waals surface area contributed by atoms with Crippen molar-refractivity contribution in [2.45, 2.75) is 70.3 Å². The molecule has 2 fully saturated rings. The Kier molecular flexibility index (Phi) is 4.53. The van der Waals surface area contributed by atoms with E-state index in [1.54, 1.807) is 5.56 Å². The molecule has 0 spiro atoms. The maximum Gasteiger partial charge on any atom is 0.119 e. The van der Waals surface area contributed by atoms with Gasteiger partial charge in [0, 0.05) is 5.41 Å². The largest absolute Gasteiger partial charge is 0.494 e. The molecule has 140 valence electrons. The second-order valence-corrected chi connectivity index (χ2v) is 8.57. The standard InChI is InChI=1S/C24H32O2/c1-4-13-24(25)15-12-22-21-9-7-17-16-18(26-6-3)8-10-19(17)20(21)11-14-23(22,24)5-2/h8,10,13,16,20-22,25H,1,5-7,9,11-12,14-15H2,2-3H3/t20-,21-,22+,23?,24+/m1/s1. The number of aryl methyl sites for hydroxylation is 1. The minimum Gasteiger partial charge on any atom is -0.494 e. The van der Waals surface area contributed by atoms with Crippen molar-refractivity contribution in [3.63, 3.8) is 0 Å². The van der Waals surface area contributed by atoms with E-state index in [-0.39, 0.29) is 5.41 Å². The Hall–Kier alpha value is -1.50. The first kappa shape index (κ1) is 17.9. The van der Waals surface area contributed by atoms with E-state index in [2.05, 4.69) is 37.4 Å². The van der Waals surface area contributed by atoms with Gasteiger partial charge in [0.2, 0.25) is 0 Å². The summed E-state index contributed by atoms with van der Waals surface area (Å²) in [6.45, 7) is 8.79. The molecule has 0 radical (unpaired) electrons. The zero-order chi connectivity index (χ0) is 18.4. The maximum atomic E-state index is 11.4. The summed E-state index contributed by atoms with van der Waals surface area (Å²) in [5, 5.41) is 11.4. The van der Waals surface area contributed by atoms with Gasteiger partial charge < -0.3 is 9.84 Å². The molecule has 1 aromatic rings. The van der Waals surface area contributed by atoms with E-state index in [9.17, 15) is 5.11 Å². The van der Waals surface area contributed by atoms with Gasteiger partial charge >= 0.3 is 0 Å². The van der Waals surface area contributed by atoms with Gasteiger partial charge in [-0.05, 0) is 99.0 Å². The zero-order valence-electron chi connectivity index (χ0n) is 16.3. The molecule has 0 heterocycles. The Morgan fingerprint density at radius 2 is 2.12 bits per heavy atom. The summed E-state index contributed by atoms with van der Waals surface area (Å²) < 4.78 is 5.71. The van der Waals surface area contributed by atoms with Crippen LogP contribution in [0, 0.1) is 17.3 Å². The van der Waals surface area contributed by atoms with Crippen molar-refractivity contribution >= 4 is 0 Å². The molecule has 0 amide bonds. The minimum atomic E-state index is -0.710. The van der Waals surface area contributed by atoms with Crippen molar-refractivity contribution in [3.8, 4) is 5.75 Å². The summed E-state index contributed by atoms with van der Waals surface area (Å²) in [7, 11) is 0. The van der Waals surface area contributed by atoms with Gasteiger partial charge in [-0.2, -0.15) is 0 Å². The molecule has 2 heteroatoms. The SMILES string of the molecule is C=C=C[C@]1(O)CC[C@H]2[C@@H]3CCc4cc(OCC)ccc4[C@H]3CCC21CC. The van der Waals surface area contributed by atoms with E-state index < -0.39 is 5.60 Å². The zero-order valence-corrected chi connectivity index (χ0v) is 16.3. The Balaban J connectivity index is 1.68. The van der Waals surface area contributed by atoms with Gasteiger partial charge in [-0.1, -0.05) is 19.6 Å². The second-order valence-electron chi connectivity index (χ2n) is 8.57. The second kappa shape index (κ2) is 6.59. The Bertz CT molecular complexity index is 732. The lowest BCUT2D eigenvalue weighted by Gasteiger charge is -2.54. The third kappa shape index (κ3) is 2.42. The lowest BCUT2D eigenvalue weighted by molar-refractivity contribution is -0.0857. The molecule has 2 saturated carbocycles. The number of fused-ring (bicyclic) bond motifs is 5. The van der Waals surface area contributed by atoms with Crippen LogP contribution in [0.1, 0.15) is 69.4 Å². The van der Waals surface area contributed by atoms with E-state index in [0.29, 0.717) is 17.8 Å². The van der Waals surface area contributed by atoms with Gasteiger partial charge in [0.05, 0.1) is 12.2 Å². The minimum absolute atomic E-state index is 0.0155. The summed E-state index contributed by atoms with van der Waals surface area (Å²) in [6.07, 6.45) is 9.61. The summed E-state index contributed by atoms with van der Waals surface area (Å²) in [5.41, 5.74) is 5.25. The molecule has 1 aromatic carbocycles. The van der Waals surface area contributed by atoms with Crippen LogP contribution in [0.15, 0.2) is 36.6 Å². The number of rotatable bonds is 4. The summed E-state index contributed by atoms with van der Waals surface area (Å²) >= 11 is 0. The first-order valence-electron chi connectivity index (χ1n) is 10.4. The van der Waals surface area contributed by atoms with Gasteiger partial charge in [0.25, 0.3) is 0 Å². The highest BCUT2D eigenvalue weighted by molar-refractivity contribution is 5.41. The van der Waals surface area contributed by atoms with Gasteiger partial charge in [0.15, 0.2) is 0 Å². The normalized spacial score (nSPS) is 37.9. The highest BCUT2D eigenvalue weighted by Crippen LogP contribution is 2.66. The summed E-state index contributed by atoms with van der Waals surface area (Å²) in [4.78, 5) is 0. The van der Waals surface area contributed by atoms with E-state index in [0.717, 1.165) is 44.5 Å². The van der Waals surface area contributed by atoms with E-state index in [1.165, 1.54) is 18.4 Å². The number of ether oxygens (including phenoxy) is 1. The van der Waals surface area contributed by atoms with E-state index in [4.69, 9.17) is 4.74 Å². The maximum absolute atomic E-state index is 11.4. The van der Waals surface area contributed by atoms with Crippen molar-refractivity contribution in [2.75, 3.05) is 6.61 Å². The fraction of sp³-hybridized carbons (Fsp3) is 0.625. The van der Waals surface area contributed by atoms with Gasteiger partial charge in [-0.3, -0.25) is 0 Å². The monoisotopic (exact) mass is 352 g/mol. The molecular formula is C24H32O2. The molecular weight excluding hydrogens is 320 g/mol. The van der Waals surface area contributed by atoms with Crippen LogP contribution in [0.2, 0.25) is 0 Å². The average molecular weight is 353 g/mol. The molecule has 3 aliphatic carbocycles. The van der Waals surface area contributed by atoms with Crippen LogP contribution in [0.3, 0.4) is 0 Å². The number of benzene rings is 1. The van der Waals surface area contributed by atoms with Gasteiger partial charge in [-0.15, -0.1) is 5.73 Å². The number of hydrogen-bond donors (Lipinski definition) is 1.